The Balaban J connectivity index is 1.33. The monoisotopic (exact) mass is 423 g/mol. The topological polar surface area (TPSA) is 65.6 Å². The first-order chi connectivity index (χ1) is 14.9. The lowest BCUT2D eigenvalue weighted by Crippen LogP contribution is -2.49. The van der Waals surface area contributed by atoms with Crippen LogP contribution in [-0.2, 0) is 11.3 Å². The van der Waals surface area contributed by atoms with Crippen LogP contribution >= 0.6 is 0 Å². The summed E-state index contributed by atoms with van der Waals surface area (Å²) in [5, 5.41) is 0.742. The van der Waals surface area contributed by atoms with Gasteiger partial charge >= 0.3 is 0 Å². The van der Waals surface area contributed by atoms with Crippen LogP contribution < -0.4 is 10.2 Å². The summed E-state index contributed by atoms with van der Waals surface area (Å²) < 4.78 is 18.4. The van der Waals surface area contributed by atoms with E-state index in [0.717, 1.165) is 40.8 Å². The van der Waals surface area contributed by atoms with Gasteiger partial charge in [0.1, 0.15) is 11.6 Å². The number of carbonyl (C=O) groups is 1. The largest absolute Gasteiger partial charge is 0.484 e. The molecule has 0 saturated carbocycles. The maximum atomic E-state index is 12.9. The van der Waals surface area contributed by atoms with Crippen molar-refractivity contribution < 1.29 is 13.9 Å². The summed E-state index contributed by atoms with van der Waals surface area (Å²) >= 11 is 0. The summed E-state index contributed by atoms with van der Waals surface area (Å²) in [7, 11) is 0. The van der Waals surface area contributed by atoms with Crippen molar-refractivity contribution in [2.75, 3.05) is 32.8 Å². The third-order valence-electron chi connectivity index (χ3n) is 5.62. The van der Waals surface area contributed by atoms with Gasteiger partial charge in [0.05, 0.1) is 5.52 Å². The van der Waals surface area contributed by atoms with E-state index in [1.807, 2.05) is 26.0 Å². The van der Waals surface area contributed by atoms with Crippen LogP contribution in [0.5, 0.6) is 5.75 Å². The molecular formula is C24H26FN3O3. The summed E-state index contributed by atoms with van der Waals surface area (Å²) in [4.78, 5) is 32.4. The second-order valence-corrected chi connectivity index (χ2v) is 8.06. The molecule has 1 fully saturated rings. The van der Waals surface area contributed by atoms with Gasteiger partial charge in [-0.2, -0.15) is 0 Å². The highest BCUT2D eigenvalue weighted by Crippen LogP contribution is 2.17. The quantitative estimate of drug-likeness (QED) is 0.685. The van der Waals surface area contributed by atoms with Crippen LogP contribution in [0.15, 0.2) is 47.3 Å². The van der Waals surface area contributed by atoms with Crippen molar-refractivity contribution >= 4 is 16.8 Å². The summed E-state index contributed by atoms with van der Waals surface area (Å²) in [5.41, 5.74) is 3.88. The number of fused-ring (bicyclic) bond motifs is 1. The Hall–Kier alpha value is -3.19. The van der Waals surface area contributed by atoms with Gasteiger partial charge in [0.2, 0.25) is 0 Å². The minimum absolute atomic E-state index is 0.0352. The zero-order valence-electron chi connectivity index (χ0n) is 17.8. The SMILES string of the molecule is Cc1cc(C)c2c(=O)cc(CN3CCN(C(=O)COc4ccc(F)cc4)CC3)[nH]c2c1. The van der Waals surface area contributed by atoms with E-state index < -0.39 is 0 Å². The number of nitrogens with zero attached hydrogens (tertiary/aromatic N) is 2. The van der Waals surface area contributed by atoms with Crippen molar-refractivity contribution in [1.29, 1.82) is 0 Å². The normalized spacial score (nSPS) is 14.7. The Morgan fingerprint density at radius 2 is 1.77 bits per heavy atom. The highest BCUT2D eigenvalue weighted by molar-refractivity contribution is 5.82. The van der Waals surface area contributed by atoms with E-state index in [2.05, 4.69) is 9.88 Å². The molecule has 0 unspecified atom stereocenters. The van der Waals surface area contributed by atoms with Gasteiger partial charge in [0.25, 0.3) is 5.91 Å². The summed E-state index contributed by atoms with van der Waals surface area (Å²) in [6.07, 6.45) is 0. The molecule has 0 atom stereocenters. The Morgan fingerprint density at radius 1 is 1.06 bits per heavy atom. The fraction of sp³-hybridized carbons (Fsp3) is 0.333. The number of H-pyrrole nitrogens is 1. The lowest BCUT2D eigenvalue weighted by atomic mass is 10.1. The number of amides is 1. The first-order valence-electron chi connectivity index (χ1n) is 10.4. The van der Waals surface area contributed by atoms with E-state index in [4.69, 9.17) is 4.74 Å². The first-order valence-corrected chi connectivity index (χ1v) is 10.4. The molecule has 0 bridgehead atoms. The number of ether oxygens (including phenoxy) is 1. The molecule has 1 aromatic heterocycles. The Kier molecular flexibility index (Phi) is 6.04. The fourth-order valence-electron chi connectivity index (χ4n) is 4.08. The van der Waals surface area contributed by atoms with E-state index in [1.54, 1.807) is 11.0 Å². The number of pyridine rings is 1. The molecule has 3 aromatic rings. The Labute approximate surface area is 180 Å². The zero-order valence-corrected chi connectivity index (χ0v) is 17.8. The summed E-state index contributed by atoms with van der Waals surface area (Å²) in [5.74, 6) is 0.0426. The van der Waals surface area contributed by atoms with Crippen LogP contribution in [0, 0.1) is 19.7 Å². The zero-order chi connectivity index (χ0) is 22.0. The van der Waals surface area contributed by atoms with Crippen molar-refractivity contribution in [3.63, 3.8) is 0 Å². The van der Waals surface area contributed by atoms with Gasteiger partial charge in [0.15, 0.2) is 12.0 Å². The van der Waals surface area contributed by atoms with Gasteiger partial charge in [-0.25, -0.2) is 4.39 Å². The molecule has 1 aliphatic heterocycles. The third kappa shape index (κ3) is 4.94. The molecule has 0 radical (unpaired) electrons. The van der Waals surface area contributed by atoms with Crippen molar-refractivity contribution in [2.24, 2.45) is 0 Å². The van der Waals surface area contributed by atoms with Crippen molar-refractivity contribution in [1.82, 2.24) is 14.8 Å². The number of benzene rings is 2. The number of aromatic nitrogens is 1. The number of aryl methyl sites for hydroxylation is 2. The number of halogens is 1. The molecule has 4 rings (SSSR count). The molecular weight excluding hydrogens is 397 g/mol. The predicted molar refractivity (Wildman–Crippen MR) is 118 cm³/mol. The minimum Gasteiger partial charge on any atom is -0.484 e. The summed E-state index contributed by atoms with van der Waals surface area (Å²) in [6.45, 7) is 7.18. The van der Waals surface area contributed by atoms with E-state index >= 15 is 0 Å². The highest BCUT2D eigenvalue weighted by atomic mass is 19.1. The smallest absolute Gasteiger partial charge is 0.260 e. The van der Waals surface area contributed by atoms with Crippen molar-refractivity contribution in [2.45, 2.75) is 20.4 Å². The average molecular weight is 423 g/mol. The van der Waals surface area contributed by atoms with E-state index in [1.165, 1.54) is 24.3 Å². The van der Waals surface area contributed by atoms with Crippen LogP contribution in [-0.4, -0.2) is 53.5 Å². The lowest BCUT2D eigenvalue weighted by Gasteiger charge is -2.34. The van der Waals surface area contributed by atoms with Gasteiger partial charge in [-0.15, -0.1) is 0 Å². The third-order valence-corrected chi connectivity index (χ3v) is 5.62. The van der Waals surface area contributed by atoms with Crippen LogP contribution in [0.3, 0.4) is 0 Å². The highest BCUT2D eigenvalue weighted by Gasteiger charge is 2.22. The first kappa shape index (κ1) is 21.1. The van der Waals surface area contributed by atoms with Crippen LogP contribution in [0.2, 0.25) is 0 Å². The summed E-state index contributed by atoms with van der Waals surface area (Å²) in [6, 6.07) is 11.3. The van der Waals surface area contributed by atoms with E-state index in [0.29, 0.717) is 25.4 Å². The number of hydrogen-bond donors (Lipinski definition) is 1. The molecule has 162 valence electrons. The van der Waals surface area contributed by atoms with Crippen molar-refractivity contribution in [3.05, 3.63) is 75.3 Å². The molecule has 2 aromatic carbocycles. The number of hydrogen-bond acceptors (Lipinski definition) is 4. The minimum atomic E-state index is -0.340. The Morgan fingerprint density at radius 3 is 2.48 bits per heavy atom. The molecule has 6 nitrogen and oxygen atoms in total. The Bertz CT molecular complexity index is 1150. The molecule has 0 spiro atoms. The van der Waals surface area contributed by atoms with Gasteiger partial charge in [-0.3, -0.25) is 14.5 Å². The number of carbonyl (C=O) groups excluding carboxylic acids is 1. The van der Waals surface area contributed by atoms with Gasteiger partial charge in [0, 0.05) is 49.9 Å². The standard InChI is InChI=1S/C24H26FN3O3/c1-16-11-17(2)24-21(12-16)26-19(13-22(24)29)14-27-7-9-28(10-8-27)23(30)15-31-20-5-3-18(25)4-6-20/h3-6,11-13H,7-10,14-15H2,1-2H3,(H,26,29). The molecule has 1 aliphatic rings. The van der Waals surface area contributed by atoms with Gasteiger partial charge < -0.3 is 14.6 Å². The van der Waals surface area contributed by atoms with Crippen LogP contribution in [0.4, 0.5) is 4.39 Å². The number of nitrogens with one attached hydrogen (secondary N) is 1. The molecule has 31 heavy (non-hydrogen) atoms. The number of rotatable bonds is 5. The fourth-order valence-corrected chi connectivity index (χ4v) is 4.08. The number of aromatic amines is 1. The van der Waals surface area contributed by atoms with Gasteiger partial charge in [-0.1, -0.05) is 6.07 Å². The molecule has 0 aliphatic carbocycles. The second-order valence-electron chi connectivity index (χ2n) is 8.06. The van der Waals surface area contributed by atoms with Gasteiger partial charge in [-0.05, 0) is 55.3 Å². The molecule has 1 saturated heterocycles. The maximum Gasteiger partial charge on any atom is 0.260 e. The second kappa shape index (κ2) is 8.89. The van der Waals surface area contributed by atoms with E-state index in [-0.39, 0.29) is 23.8 Å². The van der Waals surface area contributed by atoms with Crippen molar-refractivity contribution in [3.8, 4) is 5.75 Å². The number of piperazine rings is 1. The maximum absolute atomic E-state index is 12.9. The molecule has 1 N–H and O–H groups in total. The van der Waals surface area contributed by atoms with E-state index in [9.17, 15) is 14.0 Å². The van der Waals surface area contributed by atoms with Crippen LogP contribution in [0.25, 0.3) is 10.9 Å². The average Bonchev–Trinajstić information content (AvgIpc) is 2.73. The molecule has 2 heterocycles. The molecule has 7 heteroatoms. The van der Waals surface area contributed by atoms with Crippen LogP contribution in [0.1, 0.15) is 16.8 Å². The predicted octanol–water partition coefficient (Wildman–Crippen LogP) is 3.01. The molecule has 1 amide bonds. The lowest BCUT2D eigenvalue weighted by molar-refractivity contribution is -0.135.